The molecule has 2 rings (SSSR count). The van der Waals surface area contributed by atoms with Crippen molar-refractivity contribution in [1.82, 2.24) is 15.3 Å². The summed E-state index contributed by atoms with van der Waals surface area (Å²) in [6.45, 7) is 1.34. The van der Waals surface area contributed by atoms with Crippen molar-refractivity contribution in [2.24, 2.45) is 0 Å². The van der Waals surface area contributed by atoms with Gasteiger partial charge in [-0.25, -0.2) is 4.98 Å². The second-order valence-corrected chi connectivity index (χ2v) is 5.16. The zero-order valence-electron chi connectivity index (χ0n) is 10.2. The first-order chi connectivity index (χ1) is 8.99. The molecule has 0 saturated carbocycles. The molecule has 0 aromatic carbocycles. The van der Waals surface area contributed by atoms with Crippen molar-refractivity contribution in [1.29, 1.82) is 0 Å². The molecule has 2 atom stereocenters. The number of aliphatic hydroxyl groups is 2. The number of nitrogens with one attached hydrogen (secondary N) is 2. The first-order valence-electron chi connectivity index (χ1n) is 5.72. The molecule has 4 N–H and O–H groups in total. The number of pyridine rings is 1. The lowest BCUT2D eigenvalue weighted by atomic mass is 10.0. The third-order valence-corrected chi connectivity index (χ3v) is 3.21. The molecule has 0 aliphatic rings. The van der Waals surface area contributed by atoms with Gasteiger partial charge in [0.2, 0.25) is 5.91 Å². The van der Waals surface area contributed by atoms with Gasteiger partial charge in [-0.05, 0) is 22.0 Å². The molecular formula is C12H14BrN3O3. The number of amides is 1. The van der Waals surface area contributed by atoms with E-state index < -0.39 is 12.2 Å². The third kappa shape index (κ3) is 3.12. The monoisotopic (exact) mass is 327 g/mol. The van der Waals surface area contributed by atoms with E-state index in [1.807, 2.05) is 6.07 Å². The maximum Gasteiger partial charge on any atom is 0.216 e. The van der Waals surface area contributed by atoms with Crippen LogP contribution in [0.1, 0.15) is 18.6 Å². The van der Waals surface area contributed by atoms with E-state index in [-0.39, 0.29) is 12.5 Å². The fourth-order valence-electron chi connectivity index (χ4n) is 1.81. The maximum absolute atomic E-state index is 10.8. The molecular weight excluding hydrogens is 314 g/mol. The largest absolute Gasteiger partial charge is 0.388 e. The first-order valence-corrected chi connectivity index (χ1v) is 6.51. The van der Waals surface area contributed by atoms with E-state index in [0.29, 0.717) is 11.2 Å². The van der Waals surface area contributed by atoms with Crippen molar-refractivity contribution in [2.75, 3.05) is 6.54 Å². The number of fused-ring (bicyclic) bond motifs is 1. The molecule has 2 aromatic heterocycles. The molecule has 6 nitrogen and oxygen atoms in total. The molecule has 7 heteroatoms. The minimum Gasteiger partial charge on any atom is -0.388 e. The van der Waals surface area contributed by atoms with Crippen molar-refractivity contribution in [3.63, 3.8) is 0 Å². The normalized spacial score (nSPS) is 14.3. The molecule has 0 radical (unpaired) electrons. The minimum atomic E-state index is -1.10. The Balaban J connectivity index is 2.23. The summed E-state index contributed by atoms with van der Waals surface area (Å²) in [5.74, 6) is -0.255. The number of aromatic amines is 1. The van der Waals surface area contributed by atoms with E-state index in [9.17, 15) is 15.0 Å². The number of nitrogens with zero attached hydrogens (tertiary/aromatic N) is 1. The predicted octanol–water partition coefficient (Wildman–Crippen LogP) is 0.856. The number of aromatic nitrogens is 2. The summed E-state index contributed by atoms with van der Waals surface area (Å²) in [5, 5.41) is 23.2. The molecule has 2 aromatic rings. The van der Waals surface area contributed by atoms with Crippen LogP contribution in [0.4, 0.5) is 0 Å². The number of carbonyl (C=O) groups excluding carboxylic acids is 1. The molecule has 2 heterocycles. The Morgan fingerprint density at radius 3 is 3.00 bits per heavy atom. The summed E-state index contributed by atoms with van der Waals surface area (Å²) in [5.41, 5.74) is 1.17. The summed E-state index contributed by atoms with van der Waals surface area (Å²) < 4.78 is 0.782. The lowest BCUT2D eigenvalue weighted by molar-refractivity contribution is -0.119. The van der Waals surface area contributed by atoms with Gasteiger partial charge in [0.15, 0.2) is 0 Å². The van der Waals surface area contributed by atoms with Gasteiger partial charge in [0.25, 0.3) is 0 Å². The van der Waals surface area contributed by atoms with Crippen LogP contribution in [0.2, 0.25) is 0 Å². The van der Waals surface area contributed by atoms with Gasteiger partial charge in [-0.15, -0.1) is 0 Å². The SMILES string of the molecule is CC(=O)NCC(O)C(O)c1c[nH]c2ncc(Br)cc12. The van der Waals surface area contributed by atoms with Crippen LogP contribution in [0.15, 0.2) is 22.9 Å². The Hall–Kier alpha value is -1.44. The summed E-state index contributed by atoms with van der Waals surface area (Å²) in [6, 6.07) is 1.81. The first kappa shape index (κ1) is 14.0. The van der Waals surface area contributed by atoms with Crippen LogP contribution in [0.5, 0.6) is 0 Å². The fourth-order valence-corrected chi connectivity index (χ4v) is 2.14. The van der Waals surface area contributed by atoms with Crippen molar-refractivity contribution in [3.05, 3.63) is 28.5 Å². The molecule has 0 aliphatic carbocycles. The van der Waals surface area contributed by atoms with E-state index in [1.54, 1.807) is 12.4 Å². The second kappa shape index (κ2) is 5.68. The van der Waals surface area contributed by atoms with E-state index in [2.05, 4.69) is 31.2 Å². The van der Waals surface area contributed by atoms with Gasteiger partial charge in [0.05, 0.1) is 0 Å². The number of rotatable bonds is 4. The van der Waals surface area contributed by atoms with Gasteiger partial charge in [0.1, 0.15) is 17.9 Å². The van der Waals surface area contributed by atoms with Crippen molar-refractivity contribution >= 4 is 32.9 Å². The zero-order chi connectivity index (χ0) is 14.0. The number of halogens is 1. The molecule has 0 saturated heterocycles. The Bertz CT molecular complexity index is 599. The van der Waals surface area contributed by atoms with Crippen LogP contribution < -0.4 is 5.32 Å². The highest BCUT2D eigenvalue weighted by Crippen LogP contribution is 2.27. The maximum atomic E-state index is 10.8. The quantitative estimate of drug-likeness (QED) is 0.669. The summed E-state index contributed by atoms with van der Waals surface area (Å²) >= 11 is 3.31. The van der Waals surface area contributed by atoms with Crippen molar-refractivity contribution < 1.29 is 15.0 Å². The number of hydrogen-bond donors (Lipinski definition) is 4. The molecule has 0 fully saturated rings. The molecule has 2 unspecified atom stereocenters. The molecule has 0 bridgehead atoms. The highest BCUT2D eigenvalue weighted by molar-refractivity contribution is 9.10. The van der Waals surface area contributed by atoms with E-state index in [1.165, 1.54) is 6.92 Å². The molecule has 0 spiro atoms. The highest BCUT2D eigenvalue weighted by atomic mass is 79.9. The van der Waals surface area contributed by atoms with Gasteiger partial charge in [0, 0.05) is 41.3 Å². The summed E-state index contributed by atoms with van der Waals surface area (Å²) in [6.07, 6.45) is 1.06. The molecule has 1 amide bonds. The Labute approximate surface area is 118 Å². The van der Waals surface area contributed by atoms with Gasteiger partial charge < -0.3 is 20.5 Å². The average molecular weight is 328 g/mol. The predicted molar refractivity (Wildman–Crippen MR) is 73.4 cm³/mol. The second-order valence-electron chi connectivity index (χ2n) is 4.24. The Morgan fingerprint density at radius 2 is 2.32 bits per heavy atom. The molecule has 19 heavy (non-hydrogen) atoms. The highest BCUT2D eigenvalue weighted by Gasteiger charge is 2.22. The standard InChI is InChI=1S/C12H14BrN3O3/c1-6(17)14-5-10(18)11(19)9-4-16-12-8(9)2-7(13)3-15-12/h2-4,10-11,18-19H,5H2,1H3,(H,14,17)(H,15,16). The van der Waals surface area contributed by atoms with Gasteiger partial charge in [-0.2, -0.15) is 0 Å². The van der Waals surface area contributed by atoms with E-state index in [4.69, 9.17) is 0 Å². The van der Waals surface area contributed by atoms with Crippen LogP contribution in [-0.4, -0.2) is 38.7 Å². The third-order valence-electron chi connectivity index (χ3n) is 2.77. The number of H-pyrrole nitrogens is 1. The average Bonchev–Trinajstić information content (AvgIpc) is 2.77. The van der Waals surface area contributed by atoms with Gasteiger partial charge in [-0.1, -0.05) is 0 Å². The van der Waals surface area contributed by atoms with Crippen LogP contribution in [0.25, 0.3) is 11.0 Å². The van der Waals surface area contributed by atoms with E-state index >= 15 is 0 Å². The number of aliphatic hydroxyl groups excluding tert-OH is 2. The lowest BCUT2D eigenvalue weighted by Gasteiger charge is -2.17. The van der Waals surface area contributed by atoms with Crippen molar-refractivity contribution in [3.8, 4) is 0 Å². The van der Waals surface area contributed by atoms with Crippen LogP contribution in [0.3, 0.4) is 0 Å². The van der Waals surface area contributed by atoms with E-state index in [0.717, 1.165) is 9.86 Å². The molecule has 102 valence electrons. The number of hydrogen-bond acceptors (Lipinski definition) is 4. The van der Waals surface area contributed by atoms with Crippen LogP contribution >= 0.6 is 15.9 Å². The number of carbonyl (C=O) groups is 1. The molecule has 0 aliphatic heterocycles. The van der Waals surface area contributed by atoms with Crippen LogP contribution in [-0.2, 0) is 4.79 Å². The topological polar surface area (TPSA) is 98.2 Å². The minimum absolute atomic E-state index is 0.00932. The summed E-state index contributed by atoms with van der Waals surface area (Å²) in [7, 11) is 0. The van der Waals surface area contributed by atoms with Gasteiger partial charge >= 0.3 is 0 Å². The lowest BCUT2D eigenvalue weighted by Crippen LogP contribution is -2.34. The fraction of sp³-hybridized carbons (Fsp3) is 0.333. The Morgan fingerprint density at radius 1 is 1.58 bits per heavy atom. The van der Waals surface area contributed by atoms with Crippen molar-refractivity contribution in [2.45, 2.75) is 19.1 Å². The Kier molecular flexibility index (Phi) is 4.18. The summed E-state index contributed by atoms with van der Waals surface area (Å²) in [4.78, 5) is 17.9. The zero-order valence-corrected chi connectivity index (χ0v) is 11.8. The van der Waals surface area contributed by atoms with Crippen LogP contribution in [0, 0.1) is 0 Å². The van der Waals surface area contributed by atoms with Gasteiger partial charge in [-0.3, -0.25) is 4.79 Å². The smallest absolute Gasteiger partial charge is 0.216 e.